The van der Waals surface area contributed by atoms with Crippen LogP contribution in [0.2, 0.25) is 0 Å². The van der Waals surface area contributed by atoms with E-state index in [9.17, 15) is 0 Å². The molecule has 0 aliphatic rings. The summed E-state index contributed by atoms with van der Waals surface area (Å²) < 4.78 is 10.8. The van der Waals surface area contributed by atoms with Gasteiger partial charge in [-0.1, -0.05) is 24.4 Å². The Morgan fingerprint density at radius 1 is 1.50 bits per heavy atom. The maximum Gasteiger partial charge on any atom is 0.132 e. The van der Waals surface area contributed by atoms with Gasteiger partial charge in [0.25, 0.3) is 0 Å². The summed E-state index contributed by atoms with van der Waals surface area (Å²) in [6.07, 6.45) is -0.0285. The smallest absolute Gasteiger partial charge is 0.132 e. The number of rotatable bonds is 5. The van der Waals surface area contributed by atoms with E-state index in [2.05, 4.69) is 0 Å². The monoisotopic (exact) mass is 239 g/mol. The zero-order valence-corrected chi connectivity index (χ0v) is 10.6. The minimum atomic E-state index is -0.0285. The minimum Gasteiger partial charge on any atom is -0.487 e. The molecule has 0 spiro atoms. The molecule has 0 aromatic heterocycles. The van der Waals surface area contributed by atoms with Crippen LogP contribution in [0.15, 0.2) is 18.2 Å². The molecule has 0 amide bonds. The molecule has 0 radical (unpaired) electrons. The Morgan fingerprint density at radius 3 is 2.75 bits per heavy atom. The molecule has 1 atom stereocenters. The lowest BCUT2D eigenvalue weighted by atomic mass is 10.1. The SMILES string of the molecule is COCC(C)Oc1c(C)cccc1C(N)=S. The highest BCUT2D eigenvalue weighted by Crippen LogP contribution is 2.24. The molecule has 16 heavy (non-hydrogen) atoms. The van der Waals surface area contributed by atoms with Crippen LogP contribution in [0.3, 0.4) is 0 Å². The second-order valence-electron chi connectivity index (χ2n) is 3.70. The second kappa shape index (κ2) is 5.82. The maximum absolute atomic E-state index is 5.79. The lowest BCUT2D eigenvalue weighted by Gasteiger charge is -2.18. The number of methoxy groups -OCH3 is 1. The van der Waals surface area contributed by atoms with E-state index in [4.69, 9.17) is 27.4 Å². The van der Waals surface area contributed by atoms with Crippen LogP contribution in [0.1, 0.15) is 18.1 Å². The van der Waals surface area contributed by atoms with Crippen molar-refractivity contribution in [2.45, 2.75) is 20.0 Å². The molecule has 0 bridgehead atoms. The zero-order chi connectivity index (χ0) is 12.1. The van der Waals surface area contributed by atoms with Crippen LogP contribution in [-0.4, -0.2) is 24.8 Å². The predicted octanol–water partition coefficient (Wildman–Crippen LogP) is 2.04. The fraction of sp³-hybridized carbons (Fsp3) is 0.417. The lowest BCUT2D eigenvalue weighted by molar-refractivity contribution is 0.0915. The number of thiocarbonyl (C=S) groups is 1. The van der Waals surface area contributed by atoms with Crippen LogP contribution < -0.4 is 10.5 Å². The largest absolute Gasteiger partial charge is 0.487 e. The molecule has 1 aromatic carbocycles. The molecular weight excluding hydrogens is 222 g/mol. The van der Waals surface area contributed by atoms with Crippen LogP contribution in [-0.2, 0) is 4.74 Å². The summed E-state index contributed by atoms with van der Waals surface area (Å²) in [7, 11) is 1.65. The van der Waals surface area contributed by atoms with Gasteiger partial charge in [0, 0.05) is 7.11 Å². The molecule has 0 fully saturated rings. The van der Waals surface area contributed by atoms with Gasteiger partial charge in [0.1, 0.15) is 16.8 Å². The topological polar surface area (TPSA) is 44.5 Å². The molecule has 2 N–H and O–H groups in total. The average Bonchev–Trinajstić information content (AvgIpc) is 2.21. The molecule has 88 valence electrons. The molecule has 1 aromatic rings. The minimum absolute atomic E-state index is 0.0285. The van der Waals surface area contributed by atoms with Gasteiger partial charge < -0.3 is 15.2 Å². The van der Waals surface area contributed by atoms with Gasteiger partial charge in [-0.2, -0.15) is 0 Å². The number of hydrogen-bond acceptors (Lipinski definition) is 3. The highest BCUT2D eigenvalue weighted by atomic mass is 32.1. The molecule has 0 aliphatic carbocycles. The first kappa shape index (κ1) is 12.9. The number of para-hydroxylation sites is 1. The lowest BCUT2D eigenvalue weighted by Crippen LogP contribution is -2.21. The second-order valence-corrected chi connectivity index (χ2v) is 4.14. The maximum atomic E-state index is 5.79. The Labute approximate surface area is 102 Å². The fourth-order valence-corrected chi connectivity index (χ4v) is 1.63. The zero-order valence-electron chi connectivity index (χ0n) is 9.82. The van der Waals surface area contributed by atoms with Crippen molar-refractivity contribution in [3.8, 4) is 5.75 Å². The van der Waals surface area contributed by atoms with Gasteiger partial charge in [0.05, 0.1) is 12.2 Å². The Kier molecular flexibility index (Phi) is 4.71. The van der Waals surface area contributed by atoms with E-state index in [1.165, 1.54) is 0 Å². The Balaban J connectivity index is 2.97. The summed E-state index contributed by atoms with van der Waals surface area (Å²) in [5.41, 5.74) is 7.45. The van der Waals surface area contributed by atoms with Gasteiger partial charge in [-0.25, -0.2) is 0 Å². The first-order chi connectivity index (χ1) is 7.56. The quantitative estimate of drug-likeness (QED) is 0.799. The van der Waals surface area contributed by atoms with Gasteiger partial charge in [0.15, 0.2) is 0 Å². The fourth-order valence-electron chi connectivity index (χ4n) is 1.47. The van der Waals surface area contributed by atoms with Gasteiger partial charge in [-0.3, -0.25) is 0 Å². The standard InChI is InChI=1S/C12H17NO2S/c1-8-5-4-6-10(12(13)16)11(8)15-9(2)7-14-3/h4-6,9H,7H2,1-3H3,(H2,13,16). The molecule has 0 saturated carbocycles. The van der Waals surface area contributed by atoms with Crippen LogP contribution >= 0.6 is 12.2 Å². The van der Waals surface area contributed by atoms with E-state index in [1.54, 1.807) is 7.11 Å². The molecular formula is C12H17NO2S. The highest BCUT2D eigenvalue weighted by Gasteiger charge is 2.12. The third kappa shape index (κ3) is 3.18. The van der Waals surface area contributed by atoms with E-state index in [-0.39, 0.29) is 6.10 Å². The van der Waals surface area contributed by atoms with Crippen LogP contribution in [0.5, 0.6) is 5.75 Å². The number of aryl methyl sites for hydroxylation is 1. The van der Waals surface area contributed by atoms with Crippen molar-refractivity contribution in [2.24, 2.45) is 5.73 Å². The molecule has 3 nitrogen and oxygen atoms in total. The summed E-state index contributed by atoms with van der Waals surface area (Å²) >= 11 is 4.99. The molecule has 0 aliphatic heterocycles. The molecule has 4 heteroatoms. The average molecular weight is 239 g/mol. The van der Waals surface area contributed by atoms with E-state index >= 15 is 0 Å². The summed E-state index contributed by atoms with van der Waals surface area (Å²) in [5.74, 6) is 0.750. The van der Waals surface area contributed by atoms with Crippen LogP contribution in [0.4, 0.5) is 0 Å². The predicted molar refractivity (Wildman–Crippen MR) is 69.0 cm³/mol. The summed E-state index contributed by atoms with van der Waals surface area (Å²) in [4.78, 5) is 0.350. The Morgan fingerprint density at radius 2 is 2.19 bits per heavy atom. The Bertz CT molecular complexity index is 379. The van der Waals surface area contributed by atoms with Gasteiger partial charge in [-0.05, 0) is 25.5 Å². The first-order valence-corrected chi connectivity index (χ1v) is 5.52. The third-order valence-corrected chi connectivity index (χ3v) is 2.42. The van der Waals surface area contributed by atoms with Crippen molar-refractivity contribution in [2.75, 3.05) is 13.7 Å². The first-order valence-electron chi connectivity index (χ1n) is 5.11. The van der Waals surface area contributed by atoms with Crippen molar-refractivity contribution >= 4 is 17.2 Å². The van der Waals surface area contributed by atoms with E-state index in [0.29, 0.717) is 11.6 Å². The van der Waals surface area contributed by atoms with Gasteiger partial charge in [-0.15, -0.1) is 0 Å². The third-order valence-electron chi connectivity index (χ3n) is 2.20. The van der Waals surface area contributed by atoms with Gasteiger partial charge >= 0.3 is 0 Å². The molecule has 1 unspecified atom stereocenters. The number of ether oxygens (including phenoxy) is 2. The summed E-state index contributed by atoms with van der Waals surface area (Å²) in [6, 6.07) is 5.75. The summed E-state index contributed by atoms with van der Waals surface area (Å²) in [5, 5.41) is 0. The van der Waals surface area contributed by atoms with Crippen molar-refractivity contribution in [3.05, 3.63) is 29.3 Å². The van der Waals surface area contributed by atoms with Crippen molar-refractivity contribution in [1.82, 2.24) is 0 Å². The van der Waals surface area contributed by atoms with E-state index < -0.39 is 0 Å². The van der Waals surface area contributed by atoms with Crippen molar-refractivity contribution in [1.29, 1.82) is 0 Å². The van der Waals surface area contributed by atoms with Gasteiger partial charge in [0.2, 0.25) is 0 Å². The normalized spacial score (nSPS) is 12.2. The summed E-state index contributed by atoms with van der Waals surface area (Å²) in [6.45, 7) is 4.45. The van der Waals surface area contributed by atoms with E-state index in [0.717, 1.165) is 16.9 Å². The van der Waals surface area contributed by atoms with Crippen molar-refractivity contribution < 1.29 is 9.47 Å². The van der Waals surface area contributed by atoms with E-state index in [1.807, 2.05) is 32.0 Å². The number of nitrogens with two attached hydrogens (primary N) is 1. The Hall–Kier alpha value is -1.13. The highest BCUT2D eigenvalue weighted by molar-refractivity contribution is 7.80. The number of benzene rings is 1. The van der Waals surface area contributed by atoms with Crippen LogP contribution in [0, 0.1) is 6.92 Å². The molecule has 0 heterocycles. The molecule has 1 rings (SSSR count). The van der Waals surface area contributed by atoms with Crippen LogP contribution in [0.25, 0.3) is 0 Å². The molecule has 0 saturated heterocycles. The number of hydrogen-bond donors (Lipinski definition) is 1. The van der Waals surface area contributed by atoms with Crippen molar-refractivity contribution in [3.63, 3.8) is 0 Å².